The molecule has 0 fully saturated rings. The second-order valence-electron chi connectivity index (χ2n) is 4.21. The number of anilines is 2. The van der Waals surface area contributed by atoms with E-state index in [1.807, 2.05) is 6.07 Å². The van der Waals surface area contributed by atoms with Gasteiger partial charge in [0.15, 0.2) is 0 Å². The zero-order valence-electron chi connectivity index (χ0n) is 9.92. The van der Waals surface area contributed by atoms with Crippen LogP contribution >= 0.6 is 0 Å². The average molecular weight is 218 g/mol. The van der Waals surface area contributed by atoms with Crippen molar-refractivity contribution in [3.8, 4) is 0 Å². The minimum atomic E-state index is -0.0150. The van der Waals surface area contributed by atoms with Gasteiger partial charge in [-0.3, -0.25) is 4.79 Å². The molecule has 86 valence electrons. The molecule has 0 aromatic heterocycles. The number of hydrogen-bond acceptors (Lipinski definition) is 2. The van der Waals surface area contributed by atoms with Crippen LogP contribution in [-0.2, 0) is 11.2 Å². The highest BCUT2D eigenvalue weighted by atomic mass is 16.1. The Morgan fingerprint density at radius 3 is 3.00 bits per heavy atom. The second-order valence-corrected chi connectivity index (χ2v) is 4.21. The van der Waals surface area contributed by atoms with Gasteiger partial charge in [-0.25, -0.2) is 0 Å². The van der Waals surface area contributed by atoms with Crippen molar-refractivity contribution >= 4 is 17.3 Å². The molecule has 1 amide bonds. The molecule has 1 aliphatic heterocycles. The number of amides is 1. The lowest BCUT2D eigenvalue weighted by molar-refractivity contribution is -0.114. The Labute approximate surface area is 96.5 Å². The number of benzene rings is 1. The Balaban J connectivity index is 2.31. The van der Waals surface area contributed by atoms with E-state index in [0.717, 1.165) is 25.2 Å². The Hall–Kier alpha value is -1.51. The molecule has 0 radical (unpaired) electrons. The fourth-order valence-electron chi connectivity index (χ4n) is 2.26. The molecule has 0 spiro atoms. The number of rotatable bonds is 2. The summed E-state index contributed by atoms with van der Waals surface area (Å²) in [5.74, 6) is -0.0150. The van der Waals surface area contributed by atoms with Crippen molar-refractivity contribution in [3.63, 3.8) is 0 Å². The largest absolute Gasteiger partial charge is 0.372 e. The summed E-state index contributed by atoms with van der Waals surface area (Å²) in [6.45, 7) is 5.85. The van der Waals surface area contributed by atoms with Gasteiger partial charge >= 0.3 is 0 Å². The monoisotopic (exact) mass is 218 g/mol. The maximum absolute atomic E-state index is 11.0. The molecule has 0 atom stereocenters. The fraction of sp³-hybridized carbons (Fsp3) is 0.462. The highest BCUT2D eigenvalue weighted by Gasteiger charge is 2.15. The first-order valence-corrected chi connectivity index (χ1v) is 5.86. The van der Waals surface area contributed by atoms with Crippen LogP contribution in [0.2, 0.25) is 0 Å². The third-order valence-corrected chi connectivity index (χ3v) is 3.00. The second kappa shape index (κ2) is 4.56. The molecular weight excluding hydrogens is 200 g/mol. The van der Waals surface area contributed by atoms with Crippen LogP contribution in [0.25, 0.3) is 0 Å². The normalized spacial score (nSPS) is 14.5. The van der Waals surface area contributed by atoms with E-state index in [0.29, 0.717) is 0 Å². The quantitative estimate of drug-likeness (QED) is 0.826. The highest BCUT2D eigenvalue weighted by Crippen LogP contribution is 2.29. The van der Waals surface area contributed by atoms with E-state index in [1.54, 1.807) is 0 Å². The summed E-state index contributed by atoms with van der Waals surface area (Å²) in [5, 5.41) is 2.83. The van der Waals surface area contributed by atoms with E-state index < -0.39 is 0 Å². The topological polar surface area (TPSA) is 32.3 Å². The molecule has 1 aromatic rings. The van der Waals surface area contributed by atoms with Gasteiger partial charge in [-0.15, -0.1) is 0 Å². The van der Waals surface area contributed by atoms with Gasteiger partial charge in [0.05, 0.1) is 0 Å². The SMILES string of the molecule is CCN1CCCc2ccc(NC(C)=O)cc21. The van der Waals surface area contributed by atoms with Crippen LogP contribution < -0.4 is 10.2 Å². The summed E-state index contributed by atoms with van der Waals surface area (Å²) >= 11 is 0. The Bertz CT molecular complexity index is 401. The third kappa shape index (κ3) is 2.18. The molecule has 2 rings (SSSR count). The average Bonchev–Trinajstić information content (AvgIpc) is 2.27. The van der Waals surface area contributed by atoms with Crippen molar-refractivity contribution < 1.29 is 4.79 Å². The van der Waals surface area contributed by atoms with Gasteiger partial charge in [-0.2, -0.15) is 0 Å². The minimum absolute atomic E-state index is 0.0150. The van der Waals surface area contributed by atoms with E-state index in [4.69, 9.17) is 0 Å². The molecule has 0 unspecified atom stereocenters. The number of nitrogens with zero attached hydrogens (tertiary/aromatic N) is 1. The highest BCUT2D eigenvalue weighted by molar-refractivity contribution is 5.89. The molecule has 0 saturated carbocycles. The maximum Gasteiger partial charge on any atom is 0.221 e. The van der Waals surface area contributed by atoms with Gasteiger partial charge in [0.1, 0.15) is 0 Å². The van der Waals surface area contributed by atoms with Gasteiger partial charge < -0.3 is 10.2 Å². The van der Waals surface area contributed by atoms with Crippen LogP contribution in [0.1, 0.15) is 25.8 Å². The Morgan fingerprint density at radius 1 is 1.50 bits per heavy atom. The van der Waals surface area contributed by atoms with Crippen molar-refractivity contribution in [1.82, 2.24) is 0 Å². The van der Waals surface area contributed by atoms with Crippen molar-refractivity contribution in [2.24, 2.45) is 0 Å². The summed E-state index contributed by atoms with van der Waals surface area (Å²) in [6.07, 6.45) is 2.37. The number of carbonyl (C=O) groups is 1. The maximum atomic E-state index is 11.0. The van der Waals surface area contributed by atoms with Crippen molar-refractivity contribution in [2.45, 2.75) is 26.7 Å². The third-order valence-electron chi connectivity index (χ3n) is 3.00. The molecule has 3 heteroatoms. The summed E-state index contributed by atoms with van der Waals surface area (Å²) < 4.78 is 0. The Kier molecular flexibility index (Phi) is 3.13. The standard InChI is InChI=1S/C13H18N2O/c1-3-15-8-4-5-11-6-7-12(9-13(11)15)14-10(2)16/h6-7,9H,3-5,8H2,1-2H3,(H,14,16). The summed E-state index contributed by atoms with van der Waals surface area (Å²) in [5.41, 5.74) is 3.56. The van der Waals surface area contributed by atoms with Crippen molar-refractivity contribution in [1.29, 1.82) is 0 Å². The van der Waals surface area contributed by atoms with E-state index in [2.05, 4.69) is 29.3 Å². The van der Waals surface area contributed by atoms with Crippen molar-refractivity contribution in [3.05, 3.63) is 23.8 Å². The first kappa shape index (κ1) is 11.0. The summed E-state index contributed by atoms with van der Waals surface area (Å²) in [7, 11) is 0. The van der Waals surface area contributed by atoms with Gasteiger partial charge in [0, 0.05) is 31.4 Å². The first-order valence-electron chi connectivity index (χ1n) is 5.86. The molecule has 0 bridgehead atoms. The van der Waals surface area contributed by atoms with Crippen LogP contribution in [0.5, 0.6) is 0 Å². The van der Waals surface area contributed by atoms with Crippen LogP contribution in [0.15, 0.2) is 18.2 Å². The number of carbonyl (C=O) groups excluding carboxylic acids is 1. The molecule has 1 N–H and O–H groups in total. The van der Waals surface area contributed by atoms with Crippen molar-refractivity contribution in [2.75, 3.05) is 23.3 Å². The summed E-state index contributed by atoms with van der Waals surface area (Å²) in [6, 6.07) is 6.20. The minimum Gasteiger partial charge on any atom is -0.372 e. The molecule has 1 aliphatic rings. The fourth-order valence-corrected chi connectivity index (χ4v) is 2.26. The predicted octanol–water partition coefficient (Wildman–Crippen LogP) is 2.42. The number of hydrogen-bond donors (Lipinski definition) is 1. The molecule has 16 heavy (non-hydrogen) atoms. The molecule has 0 saturated heterocycles. The Morgan fingerprint density at radius 2 is 2.31 bits per heavy atom. The van der Waals surface area contributed by atoms with Crippen LogP contribution in [0.4, 0.5) is 11.4 Å². The zero-order valence-corrected chi connectivity index (χ0v) is 9.92. The molecule has 0 aliphatic carbocycles. The van der Waals surface area contributed by atoms with E-state index in [9.17, 15) is 4.79 Å². The van der Waals surface area contributed by atoms with Gasteiger partial charge in [-0.1, -0.05) is 6.07 Å². The van der Waals surface area contributed by atoms with Crippen LogP contribution in [0.3, 0.4) is 0 Å². The molecule has 1 heterocycles. The van der Waals surface area contributed by atoms with E-state index >= 15 is 0 Å². The lowest BCUT2D eigenvalue weighted by Gasteiger charge is -2.30. The van der Waals surface area contributed by atoms with Crippen LogP contribution in [0, 0.1) is 0 Å². The zero-order chi connectivity index (χ0) is 11.5. The molecule has 1 aromatic carbocycles. The summed E-state index contributed by atoms with van der Waals surface area (Å²) in [4.78, 5) is 13.4. The first-order chi connectivity index (χ1) is 7.70. The van der Waals surface area contributed by atoms with Gasteiger partial charge in [0.25, 0.3) is 0 Å². The lowest BCUT2D eigenvalue weighted by atomic mass is 10.0. The number of nitrogens with one attached hydrogen (secondary N) is 1. The van der Waals surface area contributed by atoms with Gasteiger partial charge in [0.2, 0.25) is 5.91 Å². The van der Waals surface area contributed by atoms with Crippen LogP contribution in [-0.4, -0.2) is 19.0 Å². The van der Waals surface area contributed by atoms with E-state index in [-0.39, 0.29) is 5.91 Å². The van der Waals surface area contributed by atoms with Gasteiger partial charge in [-0.05, 0) is 37.5 Å². The predicted molar refractivity (Wildman–Crippen MR) is 67.0 cm³/mol. The smallest absolute Gasteiger partial charge is 0.221 e. The number of aryl methyl sites for hydroxylation is 1. The lowest BCUT2D eigenvalue weighted by Crippen LogP contribution is -2.29. The molecular formula is C13H18N2O. The van der Waals surface area contributed by atoms with E-state index in [1.165, 1.54) is 24.6 Å². The number of fused-ring (bicyclic) bond motifs is 1. The molecule has 3 nitrogen and oxygen atoms in total.